The third-order valence-electron chi connectivity index (χ3n) is 3.48. The molecule has 0 atom stereocenters. The van der Waals surface area contributed by atoms with E-state index >= 15 is 0 Å². The molecular formula is C17H16N2O2. The number of nitrogens with zero attached hydrogens (tertiary/aromatic N) is 1. The van der Waals surface area contributed by atoms with Gasteiger partial charge in [0.1, 0.15) is 6.29 Å². The molecule has 2 rings (SSSR count). The average molecular weight is 280 g/mol. The van der Waals surface area contributed by atoms with Crippen LogP contribution in [0.3, 0.4) is 0 Å². The Balaban J connectivity index is 2.69. The molecule has 2 aromatic carbocycles. The number of rotatable bonds is 5. The van der Waals surface area contributed by atoms with Crippen molar-refractivity contribution < 1.29 is 9.59 Å². The van der Waals surface area contributed by atoms with Crippen LogP contribution in [0.5, 0.6) is 0 Å². The maximum atomic E-state index is 12.3. The van der Waals surface area contributed by atoms with Crippen molar-refractivity contribution >= 4 is 23.0 Å². The summed E-state index contributed by atoms with van der Waals surface area (Å²) in [7, 11) is 1.57. The van der Waals surface area contributed by atoms with E-state index in [4.69, 9.17) is 0 Å². The molecule has 0 fully saturated rings. The number of carbonyl (C=O) groups is 2. The van der Waals surface area contributed by atoms with Gasteiger partial charge in [-0.25, -0.2) is 0 Å². The predicted octanol–water partition coefficient (Wildman–Crippen LogP) is 2.59. The second kappa shape index (κ2) is 6.67. The number of hydrogen-bond acceptors (Lipinski definition) is 3. The maximum absolute atomic E-state index is 12.3. The van der Waals surface area contributed by atoms with Crippen LogP contribution in [0.25, 0.3) is 10.8 Å². The third kappa shape index (κ3) is 2.92. The summed E-state index contributed by atoms with van der Waals surface area (Å²) in [6, 6.07) is 11.5. The van der Waals surface area contributed by atoms with Crippen molar-refractivity contribution in [3.05, 3.63) is 47.0 Å². The van der Waals surface area contributed by atoms with E-state index in [9.17, 15) is 14.9 Å². The highest BCUT2D eigenvalue weighted by Crippen LogP contribution is 2.27. The summed E-state index contributed by atoms with van der Waals surface area (Å²) in [6.07, 6.45) is 2.44. The van der Waals surface area contributed by atoms with Gasteiger partial charge in [0.15, 0.2) is 0 Å². The zero-order chi connectivity index (χ0) is 15.2. The van der Waals surface area contributed by atoms with Crippen molar-refractivity contribution in [2.24, 2.45) is 0 Å². The molecule has 0 saturated carbocycles. The van der Waals surface area contributed by atoms with Gasteiger partial charge < -0.3 is 10.1 Å². The molecule has 0 saturated heterocycles. The molecule has 21 heavy (non-hydrogen) atoms. The van der Waals surface area contributed by atoms with E-state index in [0.717, 1.165) is 22.6 Å². The molecule has 0 spiro atoms. The summed E-state index contributed by atoms with van der Waals surface area (Å²) >= 11 is 0. The Labute approximate surface area is 123 Å². The zero-order valence-corrected chi connectivity index (χ0v) is 11.8. The van der Waals surface area contributed by atoms with Crippen LogP contribution < -0.4 is 5.32 Å². The fraction of sp³-hybridized carbons (Fsp3) is 0.235. The monoisotopic (exact) mass is 280 g/mol. The van der Waals surface area contributed by atoms with E-state index in [1.807, 2.05) is 24.3 Å². The molecule has 4 nitrogen and oxygen atoms in total. The molecule has 0 radical (unpaired) electrons. The highest BCUT2D eigenvalue weighted by Gasteiger charge is 2.18. The first kappa shape index (κ1) is 14.7. The van der Waals surface area contributed by atoms with Crippen LogP contribution in [0.4, 0.5) is 0 Å². The van der Waals surface area contributed by atoms with Crippen LogP contribution in [0.15, 0.2) is 30.3 Å². The molecule has 0 aliphatic carbocycles. The minimum atomic E-state index is -0.204. The lowest BCUT2D eigenvalue weighted by molar-refractivity contribution is -0.107. The van der Waals surface area contributed by atoms with Crippen LogP contribution in [0.2, 0.25) is 0 Å². The quantitative estimate of drug-likeness (QED) is 0.676. The Morgan fingerprint density at radius 1 is 1.38 bits per heavy atom. The van der Waals surface area contributed by atoms with Gasteiger partial charge in [-0.3, -0.25) is 4.79 Å². The number of unbranched alkanes of at least 4 members (excludes halogenated alkanes) is 1. The standard InChI is InChI=1S/C17H16N2O2/c1-19-17(21)16-14-7-3-2-6-12(14)10-13(11-18)15(16)8-4-5-9-20/h2-3,6-7,9-10H,4-5,8H2,1H3,(H,19,21). The number of nitrogens with one attached hydrogen (secondary N) is 1. The van der Waals surface area contributed by atoms with E-state index in [1.165, 1.54) is 0 Å². The summed E-state index contributed by atoms with van der Waals surface area (Å²) in [5.41, 5.74) is 1.76. The Hall–Kier alpha value is -2.67. The summed E-state index contributed by atoms with van der Waals surface area (Å²) in [5.74, 6) is -0.204. The summed E-state index contributed by atoms with van der Waals surface area (Å²) in [4.78, 5) is 22.8. The van der Waals surface area contributed by atoms with E-state index < -0.39 is 0 Å². The Morgan fingerprint density at radius 2 is 2.14 bits per heavy atom. The fourth-order valence-corrected chi connectivity index (χ4v) is 2.50. The van der Waals surface area contributed by atoms with Crippen molar-refractivity contribution in [2.45, 2.75) is 19.3 Å². The lowest BCUT2D eigenvalue weighted by atomic mass is 9.91. The third-order valence-corrected chi connectivity index (χ3v) is 3.48. The lowest BCUT2D eigenvalue weighted by Crippen LogP contribution is -2.20. The van der Waals surface area contributed by atoms with Gasteiger partial charge in [0.2, 0.25) is 0 Å². The number of nitriles is 1. The predicted molar refractivity (Wildman–Crippen MR) is 81.1 cm³/mol. The molecule has 0 unspecified atom stereocenters. The molecule has 0 heterocycles. The van der Waals surface area contributed by atoms with Crippen molar-refractivity contribution in [3.8, 4) is 6.07 Å². The number of benzene rings is 2. The van der Waals surface area contributed by atoms with Gasteiger partial charge >= 0.3 is 0 Å². The van der Waals surface area contributed by atoms with Gasteiger partial charge in [-0.2, -0.15) is 5.26 Å². The second-order valence-corrected chi connectivity index (χ2v) is 4.75. The first-order chi connectivity index (χ1) is 10.2. The van der Waals surface area contributed by atoms with E-state index in [0.29, 0.717) is 30.4 Å². The topological polar surface area (TPSA) is 70.0 Å². The van der Waals surface area contributed by atoms with Crippen LogP contribution in [0, 0.1) is 11.3 Å². The van der Waals surface area contributed by atoms with Gasteiger partial charge in [0.05, 0.1) is 17.2 Å². The van der Waals surface area contributed by atoms with Crippen molar-refractivity contribution in [2.75, 3.05) is 7.05 Å². The molecular weight excluding hydrogens is 264 g/mol. The Kier molecular flexibility index (Phi) is 4.68. The first-order valence-electron chi connectivity index (χ1n) is 6.83. The number of aldehydes is 1. The summed E-state index contributed by atoms with van der Waals surface area (Å²) in [6.45, 7) is 0. The SMILES string of the molecule is CNC(=O)c1c(CCCC=O)c(C#N)cc2ccccc12. The summed E-state index contributed by atoms with van der Waals surface area (Å²) < 4.78 is 0. The number of fused-ring (bicyclic) bond motifs is 1. The smallest absolute Gasteiger partial charge is 0.251 e. The zero-order valence-electron chi connectivity index (χ0n) is 11.8. The van der Waals surface area contributed by atoms with Gasteiger partial charge in [0, 0.05) is 13.5 Å². The minimum Gasteiger partial charge on any atom is -0.355 e. The number of amides is 1. The van der Waals surface area contributed by atoms with Crippen LogP contribution in [-0.2, 0) is 11.2 Å². The van der Waals surface area contributed by atoms with E-state index in [2.05, 4.69) is 11.4 Å². The van der Waals surface area contributed by atoms with Gasteiger partial charge in [0.25, 0.3) is 5.91 Å². The lowest BCUT2D eigenvalue weighted by Gasteiger charge is -2.13. The number of carbonyl (C=O) groups excluding carboxylic acids is 2. The van der Waals surface area contributed by atoms with Crippen molar-refractivity contribution in [1.82, 2.24) is 5.32 Å². The highest BCUT2D eigenvalue weighted by molar-refractivity contribution is 6.09. The minimum absolute atomic E-state index is 0.204. The van der Waals surface area contributed by atoms with Gasteiger partial charge in [-0.15, -0.1) is 0 Å². The molecule has 0 aromatic heterocycles. The fourth-order valence-electron chi connectivity index (χ4n) is 2.50. The number of hydrogen-bond donors (Lipinski definition) is 1. The largest absolute Gasteiger partial charge is 0.355 e. The Bertz CT molecular complexity index is 729. The summed E-state index contributed by atoms with van der Waals surface area (Å²) in [5, 5.41) is 13.7. The van der Waals surface area contributed by atoms with Crippen LogP contribution >= 0.6 is 0 Å². The van der Waals surface area contributed by atoms with E-state index in [-0.39, 0.29) is 5.91 Å². The molecule has 0 bridgehead atoms. The van der Waals surface area contributed by atoms with Gasteiger partial charge in [-0.05, 0) is 35.2 Å². The molecule has 106 valence electrons. The Morgan fingerprint density at radius 3 is 2.81 bits per heavy atom. The molecule has 1 amide bonds. The normalized spacial score (nSPS) is 10.1. The van der Waals surface area contributed by atoms with Crippen molar-refractivity contribution in [1.29, 1.82) is 5.26 Å². The van der Waals surface area contributed by atoms with E-state index in [1.54, 1.807) is 13.1 Å². The van der Waals surface area contributed by atoms with Crippen molar-refractivity contribution in [3.63, 3.8) is 0 Å². The molecule has 0 aliphatic heterocycles. The van der Waals surface area contributed by atoms with Gasteiger partial charge in [-0.1, -0.05) is 24.3 Å². The second-order valence-electron chi connectivity index (χ2n) is 4.75. The molecule has 0 aliphatic rings. The highest BCUT2D eigenvalue weighted by atomic mass is 16.1. The molecule has 4 heteroatoms. The molecule has 2 aromatic rings. The molecule has 1 N–H and O–H groups in total. The first-order valence-corrected chi connectivity index (χ1v) is 6.83. The average Bonchev–Trinajstić information content (AvgIpc) is 2.53. The van der Waals surface area contributed by atoms with Crippen LogP contribution in [-0.4, -0.2) is 19.2 Å². The maximum Gasteiger partial charge on any atom is 0.251 e. The van der Waals surface area contributed by atoms with Crippen LogP contribution in [0.1, 0.15) is 34.3 Å².